The van der Waals surface area contributed by atoms with Crippen LogP contribution in [0.25, 0.3) is 6.08 Å². The van der Waals surface area contributed by atoms with E-state index in [1.807, 2.05) is 44.2 Å². The van der Waals surface area contributed by atoms with Crippen molar-refractivity contribution in [2.75, 3.05) is 39.3 Å². The number of methoxy groups -OCH3 is 1. The number of carbonyl (C=O) groups is 1. The number of esters is 1. The number of ether oxygens (including phenoxy) is 4. The third kappa shape index (κ3) is 12.4. The third-order valence-corrected chi connectivity index (χ3v) is 7.26. The zero-order chi connectivity index (χ0) is 29.2. The molecule has 0 heterocycles. The molecule has 0 unspecified atom stereocenters. The molecule has 0 atom stereocenters. The lowest BCUT2D eigenvalue weighted by molar-refractivity contribution is -0.139. The first-order valence-electron chi connectivity index (χ1n) is 14.1. The topological polar surface area (TPSA) is 97.4 Å². The van der Waals surface area contributed by atoms with Crippen molar-refractivity contribution in [2.24, 2.45) is 0 Å². The van der Waals surface area contributed by atoms with Crippen LogP contribution in [-0.2, 0) is 37.2 Å². The summed E-state index contributed by atoms with van der Waals surface area (Å²) in [7, 11) is -2.16. The van der Waals surface area contributed by atoms with Crippen molar-refractivity contribution < 1.29 is 36.3 Å². The third-order valence-electron chi connectivity index (χ3n) is 6.04. The molecule has 0 amide bonds. The van der Waals surface area contributed by atoms with Crippen molar-refractivity contribution in [3.63, 3.8) is 0 Å². The molecule has 0 radical (unpaired) electrons. The fourth-order valence-electron chi connectivity index (χ4n) is 3.82. The van der Waals surface area contributed by atoms with E-state index >= 15 is 0 Å². The van der Waals surface area contributed by atoms with Crippen LogP contribution in [0.15, 0.2) is 42.5 Å². The fraction of sp³-hybridized carbons (Fsp3) is 0.516. The summed E-state index contributed by atoms with van der Waals surface area (Å²) in [6.45, 7) is 7.75. The smallest absolute Gasteiger partial charge is 0.330 e. The average molecular weight is 577 g/mol. The summed E-state index contributed by atoms with van der Waals surface area (Å²) in [5.74, 6) is 0.968. The number of rotatable bonds is 20. The minimum Gasteiger partial charge on any atom is -0.493 e. The maximum atomic E-state index is 12.2. The Morgan fingerprint density at radius 2 is 1.65 bits per heavy atom. The van der Waals surface area contributed by atoms with Crippen LogP contribution < -0.4 is 13.7 Å². The molecular weight excluding hydrogens is 532 g/mol. The van der Waals surface area contributed by atoms with Gasteiger partial charge in [-0.25, -0.2) is 4.79 Å². The Hall–Kier alpha value is -3.04. The zero-order valence-corrected chi connectivity index (χ0v) is 25.1. The largest absolute Gasteiger partial charge is 0.493 e. The molecule has 2 rings (SSSR count). The second-order valence-corrected chi connectivity index (χ2v) is 11.0. The lowest BCUT2D eigenvalue weighted by atomic mass is 10.0. The lowest BCUT2D eigenvalue weighted by Gasteiger charge is -2.14. The summed E-state index contributed by atoms with van der Waals surface area (Å²) in [4.78, 5) is 12.0. The van der Waals surface area contributed by atoms with Crippen LogP contribution in [0.5, 0.6) is 17.2 Å². The van der Waals surface area contributed by atoms with Crippen LogP contribution in [0, 0.1) is 0 Å². The Bertz CT molecular complexity index is 1170. The molecule has 0 N–H and O–H groups in total. The standard InChI is InChI=1S/C31H44O8S/c1-5-8-19-37-29-23-26(15-18-31(32)38-21-20-36-7-3)13-16-27(29)12-10-11-25-14-17-28(30(24-25)35-4)39-40(33,34)22-9-6-2/h13-18,23-24H,5-12,19-22H2,1-4H3. The fourth-order valence-corrected chi connectivity index (χ4v) is 4.96. The Balaban J connectivity index is 2.03. The highest BCUT2D eigenvalue weighted by Crippen LogP contribution is 2.31. The van der Waals surface area contributed by atoms with Gasteiger partial charge in [0.15, 0.2) is 11.5 Å². The van der Waals surface area contributed by atoms with Gasteiger partial charge in [0.1, 0.15) is 12.4 Å². The van der Waals surface area contributed by atoms with E-state index in [0.717, 1.165) is 61.0 Å². The minimum atomic E-state index is -3.66. The van der Waals surface area contributed by atoms with Gasteiger partial charge >= 0.3 is 16.1 Å². The molecule has 9 heteroatoms. The van der Waals surface area contributed by atoms with Gasteiger partial charge in [0.25, 0.3) is 0 Å². The van der Waals surface area contributed by atoms with Crippen molar-refractivity contribution >= 4 is 22.2 Å². The first-order chi connectivity index (χ1) is 19.3. The van der Waals surface area contributed by atoms with Crippen LogP contribution in [0.1, 0.15) is 69.6 Å². The number of unbranched alkanes of at least 4 members (excludes halogenated alkanes) is 2. The van der Waals surface area contributed by atoms with Crippen LogP contribution in [0.3, 0.4) is 0 Å². The van der Waals surface area contributed by atoms with E-state index in [-0.39, 0.29) is 18.1 Å². The van der Waals surface area contributed by atoms with Gasteiger partial charge in [0.2, 0.25) is 0 Å². The van der Waals surface area contributed by atoms with Crippen LogP contribution >= 0.6 is 0 Å². The summed E-state index contributed by atoms with van der Waals surface area (Å²) in [6.07, 6.45) is 8.84. The first kappa shape index (κ1) is 33.2. The molecule has 0 aromatic heterocycles. The number of hydrogen-bond donors (Lipinski definition) is 0. The summed E-state index contributed by atoms with van der Waals surface area (Å²) >= 11 is 0. The molecule has 0 aliphatic heterocycles. The highest BCUT2D eigenvalue weighted by molar-refractivity contribution is 7.87. The maximum Gasteiger partial charge on any atom is 0.330 e. The quantitative estimate of drug-likeness (QED) is 0.0801. The first-order valence-corrected chi connectivity index (χ1v) is 15.7. The molecule has 0 saturated heterocycles. The van der Waals surface area contributed by atoms with Gasteiger partial charge < -0.3 is 23.1 Å². The molecule has 0 aliphatic carbocycles. The van der Waals surface area contributed by atoms with Gasteiger partial charge in [-0.3, -0.25) is 0 Å². The number of hydrogen-bond acceptors (Lipinski definition) is 8. The molecule has 8 nitrogen and oxygen atoms in total. The predicted molar refractivity (Wildman–Crippen MR) is 158 cm³/mol. The van der Waals surface area contributed by atoms with Crippen LogP contribution in [0.4, 0.5) is 0 Å². The zero-order valence-electron chi connectivity index (χ0n) is 24.3. The molecular formula is C31H44O8S. The van der Waals surface area contributed by atoms with Gasteiger partial charge in [-0.05, 0) is 80.0 Å². The van der Waals surface area contributed by atoms with Gasteiger partial charge in [-0.1, -0.05) is 44.9 Å². The van der Waals surface area contributed by atoms with Gasteiger partial charge in [0, 0.05) is 12.7 Å². The monoisotopic (exact) mass is 576 g/mol. The van der Waals surface area contributed by atoms with E-state index in [1.54, 1.807) is 12.1 Å². The van der Waals surface area contributed by atoms with Crippen molar-refractivity contribution in [3.05, 3.63) is 59.2 Å². The number of carbonyl (C=O) groups excluding carboxylic acids is 1. The Kier molecular flexibility index (Phi) is 15.2. The molecule has 222 valence electrons. The molecule has 0 saturated carbocycles. The van der Waals surface area contributed by atoms with Crippen LogP contribution in [0.2, 0.25) is 0 Å². The molecule has 0 bridgehead atoms. The van der Waals surface area contributed by atoms with Crippen molar-refractivity contribution in [1.82, 2.24) is 0 Å². The van der Waals surface area contributed by atoms with Crippen molar-refractivity contribution in [3.8, 4) is 17.2 Å². The summed E-state index contributed by atoms with van der Waals surface area (Å²) in [5, 5.41) is 0. The summed E-state index contributed by atoms with van der Waals surface area (Å²) < 4.78 is 51.5. The maximum absolute atomic E-state index is 12.2. The highest BCUT2D eigenvalue weighted by Gasteiger charge is 2.16. The molecule has 0 aliphatic rings. The molecule has 2 aromatic rings. The number of aryl methyl sites for hydroxylation is 2. The predicted octanol–water partition coefficient (Wildman–Crippen LogP) is 6.15. The van der Waals surface area contributed by atoms with E-state index in [1.165, 1.54) is 13.2 Å². The van der Waals surface area contributed by atoms with E-state index < -0.39 is 16.1 Å². The summed E-state index contributed by atoms with van der Waals surface area (Å²) in [6, 6.07) is 11.3. The molecule has 40 heavy (non-hydrogen) atoms. The van der Waals surface area contributed by atoms with Crippen LogP contribution in [-0.4, -0.2) is 53.7 Å². The van der Waals surface area contributed by atoms with Gasteiger partial charge in [-0.15, -0.1) is 0 Å². The number of benzene rings is 2. The van der Waals surface area contributed by atoms with E-state index in [2.05, 4.69) is 6.92 Å². The minimum absolute atomic E-state index is 0.0236. The van der Waals surface area contributed by atoms with Gasteiger partial charge in [-0.2, -0.15) is 8.42 Å². The van der Waals surface area contributed by atoms with Gasteiger partial charge in [0.05, 0.1) is 26.1 Å². The van der Waals surface area contributed by atoms with E-state index in [9.17, 15) is 13.2 Å². The van der Waals surface area contributed by atoms with Crippen molar-refractivity contribution in [1.29, 1.82) is 0 Å². The van der Waals surface area contributed by atoms with E-state index in [4.69, 9.17) is 23.1 Å². The van der Waals surface area contributed by atoms with Crippen molar-refractivity contribution in [2.45, 2.75) is 65.7 Å². The van der Waals surface area contributed by atoms with E-state index in [0.29, 0.717) is 32.0 Å². The average Bonchev–Trinajstić information content (AvgIpc) is 2.94. The Labute approximate surface area is 239 Å². The molecule has 2 aromatic carbocycles. The SMILES string of the molecule is CCCCOc1cc(C=CC(=O)OCCOCC)ccc1CCCc1ccc(OS(=O)(=O)CCCC)c(OC)c1. The molecule has 0 fully saturated rings. The second kappa shape index (κ2) is 18.3. The highest BCUT2D eigenvalue weighted by atomic mass is 32.2. The lowest BCUT2D eigenvalue weighted by Crippen LogP contribution is -2.14. The normalized spacial score (nSPS) is 11.5. The summed E-state index contributed by atoms with van der Waals surface area (Å²) in [5.41, 5.74) is 2.96. The molecule has 0 spiro atoms. The Morgan fingerprint density at radius 3 is 2.38 bits per heavy atom. The second-order valence-electron chi connectivity index (χ2n) is 9.30. The Morgan fingerprint density at radius 1 is 0.850 bits per heavy atom.